The monoisotopic (exact) mass is 1350 g/mol. The summed E-state index contributed by atoms with van der Waals surface area (Å²) in [5.41, 5.74) is 5.21. The Morgan fingerprint density at radius 2 is 0.707 bits per heavy atom. The molecular formula is C66H134N6O2S2Si4Zn2. The minimum atomic E-state index is -1.11. The van der Waals surface area contributed by atoms with Gasteiger partial charge in [-0.3, -0.25) is 9.98 Å². The van der Waals surface area contributed by atoms with Crippen LogP contribution in [0.5, 0.6) is 11.5 Å². The number of hydrogen-bond donors (Lipinski definition) is 0. The Kier molecular flexibility index (Phi) is 50.5. The molecule has 2 atom stereocenters. The van der Waals surface area contributed by atoms with E-state index >= 15 is 0 Å². The number of nitrogens with zero attached hydrogens (tertiary/aromatic N) is 6. The average molecular weight is 1350 g/mol. The second-order valence-corrected chi connectivity index (χ2v) is 51.6. The van der Waals surface area contributed by atoms with Crippen molar-refractivity contribution in [2.45, 2.75) is 274 Å². The maximum Gasteiger partial charge on any atom is 2.00 e. The van der Waals surface area contributed by atoms with E-state index in [-0.39, 0.29) is 84.2 Å². The molecule has 0 aromatic heterocycles. The largest absolute Gasteiger partial charge is 2.00 e. The first-order valence-corrected chi connectivity index (χ1v) is 47.1. The molecule has 2 rings (SSSR count). The van der Waals surface area contributed by atoms with Gasteiger partial charge in [-0.15, -0.1) is 0 Å². The zero-order valence-electron chi connectivity index (χ0n) is 60.8. The van der Waals surface area contributed by atoms with Crippen molar-refractivity contribution in [3.05, 3.63) is 66.9 Å². The Bertz CT molecular complexity index is 1820. The molecule has 0 bridgehead atoms. The van der Waals surface area contributed by atoms with E-state index in [1.165, 1.54) is 49.7 Å². The molecule has 16 heteroatoms. The fourth-order valence-electron chi connectivity index (χ4n) is 8.34. The van der Waals surface area contributed by atoms with Gasteiger partial charge in [0.2, 0.25) is 0 Å². The molecule has 0 radical (unpaired) electrons. The van der Waals surface area contributed by atoms with Crippen LogP contribution in [0.4, 0.5) is 0 Å². The Morgan fingerprint density at radius 3 is 0.854 bits per heavy atom. The van der Waals surface area contributed by atoms with Gasteiger partial charge in [0.05, 0.1) is 12.1 Å². The van der Waals surface area contributed by atoms with Crippen LogP contribution in [-0.4, -0.2) is 133 Å². The smallest absolute Gasteiger partial charge is 0.872 e. The van der Waals surface area contributed by atoms with E-state index in [1.54, 1.807) is 0 Å². The summed E-state index contributed by atoms with van der Waals surface area (Å²) < 4.78 is 9.64. The van der Waals surface area contributed by atoms with Gasteiger partial charge in [0.1, 0.15) is 0 Å². The van der Waals surface area contributed by atoms with Gasteiger partial charge in [-0.1, -0.05) is 297 Å². The third-order valence-electron chi connectivity index (χ3n) is 11.7. The van der Waals surface area contributed by atoms with Crippen LogP contribution >= 0.6 is 23.5 Å². The normalized spacial score (nSPS) is 13.2. The molecule has 2 aromatic carbocycles. The van der Waals surface area contributed by atoms with Gasteiger partial charge >= 0.3 is 39.0 Å². The van der Waals surface area contributed by atoms with E-state index in [0.29, 0.717) is 0 Å². The van der Waals surface area contributed by atoms with Gasteiger partial charge in [0, 0.05) is 25.5 Å². The molecule has 82 heavy (non-hydrogen) atoms. The SMILES string of the molecule is CCCCC.CCCCC.CSCC[C@@H](CN(C)C)N=Cc1cc(C(C)(C)C)cc(C(C)(C)C)c1[O-].CSCC[C@@H](CN(C)C)N=Cc1cc(C(C)(C)C)cc(C(C)(C)C)c1[O-].C[Si](C)(C)[N-][Si](C)(C)C.C[Si](C)(C)[N-][Si](C)(C)C.[Zn+2].[Zn+2]. The third-order valence-corrected chi connectivity index (χ3v) is 23.7. The average Bonchev–Trinajstić information content (AvgIpc) is 3.23. The van der Waals surface area contributed by atoms with Gasteiger partial charge in [0.25, 0.3) is 0 Å². The summed E-state index contributed by atoms with van der Waals surface area (Å²) in [6.07, 6.45) is 18.1. The number of hydrogen-bond acceptors (Lipinski definition) is 8. The molecule has 0 aliphatic heterocycles. The van der Waals surface area contributed by atoms with Gasteiger partial charge in [-0.2, -0.15) is 23.5 Å². The zero-order chi connectivity index (χ0) is 63.9. The molecule has 0 heterocycles. The van der Waals surface area contributed by atoms with Crippen molar-refractivity contribution >= 4 is 68.9 Å². The number of benzene rings is 2. The molecule has 0 aliphatic carbocycles. The van der Waals surface area contributed by atoms with Crippen molar-refractivity contribution in [2.75, 3.05) is 65.3 Å². The van der Waals surface area contributed by atoms with Gasteiger partial charge < -0.3 is 29.3 Å². The molecule has 0 saturated carbocycles. The number of unbranched alkanes of at least 4 members (excludes halogenated alkanes) is 4. The van der Waals surface area contributed by atoms with Crippen molar-refractivity contribution in [2.24, 2.45) is 9.98 Å². The van der Waals surface area contributed by atoms with Gasteiger partial charge in [-0.25, -0.2) is 0 Å². The molecule has 0 unspecified atom stereocenters. The van der Waals surface area contributed by atoms with E-state index in [9.17, 15) is 10.2 Å². The van der Waals surface area contributed by atoms with Crippen LogP contribution in [0.1, 0.15) is 196 Å². The van der Waals surface area contributed by atoms with Crippen LogP contribution in [0, 0.1) is 0 Å². The molecule has 0 fully saturated rings. The van der Waals surface area contributed by atoms with Crippen LogP contribution < -0.4 is 10.2 Å². The molecule has 2 aromatic rings. The number of rotatable bonds is 22. The van der Waals surface area contributed by atoms with Crippen LogP contribution in [0.15, 0.2) is 34.3 Å². The van der Waals surface area contributed by atoms with Crippen molar-refractivity contribution in [1.29, 1.82) is 0 Å². The fraction of sp³-hybridized carbons (Fsp3) is 0.788. The van der Waals surface area contributed by atoms with Crippen LogP contribution in [-0.2, 0) is 60.6 Å². The second kappa shape index (κ2) is 44.5. The van der Waals surface area contributed by atoms with Crippen LogP contribution in [0.2, 0.25) is 78.6 Å². The number of aliphatic imine (C=N–C) groups is 2. The molecule has 0 aliphatic rings. The Morgan fingerprint density at radius 1 is 0.463 bits per heavy atom. The molecule has 0 N–H and O–H groups in total. The molecule has 8 nitrogen and oxygen atoms in total. The van der Waals surface area contributed by atoms with Crippen molar-refractivity contribution < 1.29 is 49.2 Å². The summed E-state index contributed by atoms with van der Waals surface area (Å²) in [5, 5.41) is 26.1. The summed E-state index contributed by atoms with van der Waals surface area (Å²) in [4.78, 5) is 13.9. The Balaban J connectivity index is -0.000000238. The Labute approximate surface area is 551 Å². The first-order valence-electron chi connectivity index (χ1n) is 30.5. The van der Waals surface area contributed by atoms with Crippen molar-refractivity contribution in [3.63, 3.8) is 0 Å². The topological polar surface area (TPSA) is 106 Å². The molecule has 0 saturated heterocycles. The van der Waals surface area contributed by atoms with Gasteiger partial charge in [0.15, 0.2) is 0 Å². The van der Waals surface area contributed by atoms with Crippen LogP contribution in [0.3, 0.4) is 0 Å². The number of thioether (sulfide) groups is 2. The van der Waals surface area contributed by atoms with Crippen molar-refractivity contribution in [3.8, 4) is 11.5 Å². The van der Waals surface area contributed by atoms with E-state index in [2.05, 4.69) is 252 Å². The second-order valence-electron chi connectivity index (χ2n) is 30.4. The third kappa shape index (κ3) is 52.0. The summed E-state index contributed by atoms with van der Waals surface area (Å²) in [6.45, 7) is 63.9. The maximum absolute atomic E-state index is 13.0. The van der Waals surface area contributed by atoms with E-state index in [1.807, 2.05) is 48.1 Å². The van der Waals surface area contributed by atoms with E-state index < -0.39 is 32.9 Å². The standard InChI is InChI=1S/2C22H38N2OS.2C6H18NSi2.2C5H12.2Zn/c2*1-21(2,3)17-12-16(20(25)19(13-17)22(4,5)6)14-23-18(10-11-26-9)15-24(7)8;2*1-8(2,3)7-9(4,5)6;2*1-3-5-4-2;;/h2*12-14,18,25H,10-11,15H2,1-9H3;2*1-6H3;2*3-5H2,1-2H3;;/q;;2*-1;;;2*+2/p-2/t2*18-;;;;;;/m00....../s1. The summed E-state index contributed by atoms with van der Waals surface area (Å²) >= 11 is 3.68. The maximum atomic E-state index is 13.0. The number of likely N-dealkylation sites (N-methyl/N-ethyl adjacent to an activating group) is 2. The van der Waals surface area contributed by atoms with E-state index in [4.69, 9.17) is 19.3 Å². The summed E-state index contributed by atoms with van der Waals surface area (Å²) in [6, 6.07) is 8.67. The summed E-state index contributed by atoms with van der Waals surface area (Å²) in [7, 11) is 3.85. The predicted molar refractivity (Wildman–Crippen MR) is 383 cm³/mol. The van der Waals surface area contributed by atoms with Gasteiger partial charge in [-0.05, 0) is 120 Å². The fourth-order valence-corrected chi connectivity index (χ4v) is 25.5. The van der Waals surface area contributed by atoms with Crippen LogP contribution in [0.25, 0.3) is 9.30 Å². The molecule has 472 valence electrons. The molecular weight excluding hydrogens is 1220 g/mol. The first-order chi connectivity index (χ1) is 36.0. The molecule has 0 amide bonds. The predicted octanol–water partition coefficient (Wildman–Crippen LogP) is 19.4. The summed E-state index contributed by atoms with van der Waals surface area (Å²) in [5.74, 6) is 2.38. The van der Waals surface area contributed by atoms with E-state index in [0.717, 1.165) is 59.7 Å². The zero-order valence-corrected chi connectivity index (χ0v) is 72.4. The minimum absolute atomic E-state index is 0. The first kappa shape index (κ1) is 93.2. The molecule has 0 spiro atoms. The quantitative estimate of drug-likeness (QED) is 0.0859. The Hall–Kier alpha value is 0.0343. The van der Waals surface area contributed by atoms with Crippen molar-refractivity contribution in [1.82, 2.24) is 9.80 Å². The minimum Gasteiger partial charge on any atom is -0.872 e.